The number of hydrogen-bond acceptors (Lipinski definition) is 4. The van der Waals surface area contributed by atoms with E-state index in [0.29, 0.717) is 0 Å². The maximum atomic E-state index is 12.0. The van der Waals surface area contributed by atoms with Gasteiger partial charge in [-0.15, -0.1) is 0 Å². The summed E-state index contributed by atoms with van der Waals surface area (Å²) in [7, 11) is 0. The molecule has 0 saturated heterocycles. The Labute approximate surface area is 138 Å². The van der Waals surface area contributed by atoms with Crippen LogP contribution in [-0.2, 0) is 13.4 Å². The summed E-state index contributed by atoms with van der Waals surface area (Å²) in [5.41, 5.74) is -0.566. The zero-order chi connectivity index (χ0) is 16.8. The Balaban J connectivity index is 2.43. The SMILES string of the molecule is CC(NC(=O)OC(C)(C)C)C(C)C(=O)O[Se]c1ccccc1. The number of carbonyl (C=O) groups excluding carboxylic acids is 2. The Morgan fingerprint density at radius 1 is 1.14 bits per heavy atom. The van der Waals surface area contributed by atoms with Crippen LogP contribution in [0.4, 0.5) is 4.79 Å². The molecule has 0 heterocycles. The van der Waals surface area contributed by atoms with E-state index < -0.39 is 17.6 Å². The van der Waals surface area contributed by atoms with Gasteiger partial charge in [0.2, 0.25) is 0 Å². The van der Waals surface area contributed by atoms with E-state index in [4.69, 9.17) is 8.56 Å². The van der Waals surface area contributed by atoms with E-state index in [2.05, 4.69) is 5.32 Å². The second-order valence-corrected chi connectivity index (χ2v) is 7.71. The van der Waals surface area contributed by atoms with E-state index in [9.17, 15) is 9.59 Å². The molecule has 0 spiro atoms. The molecular formula is C16H23NO4Se. The monoisotopic (exact) mass is 373 g/mol. The van der Waals surface area contributed by atoms with Gasteiger partial charge in [-0.3, -0.25) is 0 Å². The predicted octanol–water partition coefficient (Wildman–Crippen LogP) is 2.02. The van der Waals surface area contributed by atoms with Gasteiger partial charge in [-0.25, -0.2) is 0 Å². The van der Waals surface area contributed by atoms with Crippen LogP contribution in [0.15, 0.2) is 30.3 Å². The second kappa shape index (κ2) is 8.20. The van der Waals surface area contributed by atoms with E-state index >= 15 is 0 Å². The zero-order valence-corrected chi connectivity index (χ0v) is 15.3. The Bertz CT molecular complexity index is 499. The number of alkyl carbamates (subject to hydrolysis) is 1. The molecule has 0 bridgehead atoms. The number of carbonyl (C=O) groups is 2. The average molecular weight is 372 g/mol. The molecule has 6 heteroatoms. The molecule has 0 radical (unpaired) electrons. The first-order valence-corrected chi connectivity index (χ1v) is 8.67. The van der Waals surface area contributed by atoms with Crippen LogP contribution in [0.1, 0.15) is 34.6 Å². The average Bonchev–Trinajstić information content (AvgIpc) is 2.42. The second-order valence-electron chi connectivity index (χ2n) is 6.02. The van der Waals surface area contributed by atoms with Gasteiger partial charge in [0.05, 0.1) is 0 Å². The van der Waals surface area contributed by atoms with Crippen LogP contribution < -0.4 is 9.78 Å². The van der Waals surface area contributed by atoms with Crippen molar-refractivity contribution in [2.45, 2.75) is 46.3 Å². The van der Waals surface area contributed by atoms with Crippen molar-refractivity contribution < 1.29 is 18.1 Å². The van der Waals surface area contributed by atoms with Gasteiger partial charge in [0.15, 0.2) is 0 Å². The summed E-state index contributed by atoms with van der Waals surface area (Å²) in [4.78, 5) is 23.7. The maximum absolute atomic E-state index is 12.0. The molecule has 1 amide bonds. The molecule has 2 atom stereocenters. The van der Waals surface area contributed by atoms with Crippen LogP contribution in [0.3, 0.4) is 0 Å². The summed E-state index contributed by atoms with van der Waals surface area (Å²) in [6, 6.07) is 9.19. The first-order chi connectivity index (χ1) is 10.2. The van der Waals surface area contributed by atoms with Gasteiger partial charge in [-0.05, 0) is 0 Å². The molecule has 1 aromatic rings. The molecule has 0 aliphatic heterocycles. The van der Waals surface area contributed by atoms with E-state index in [-0.39, 0.29) is 27.3 Å². The number of nitrogens with one attached hydrogen (secondary N) is 1. The van der Waals surface area contributed by atoms with Crippen molar-refractivity contribution in [2.24, 2.45) is 5.92 Å². The van der Waals surface area contributed by atoms with Crippen molar-refractivity contribution in [3.8, 4) is 0 Å². The Morgan fingerprint density at radius 2 is 1.73 bits per heavy atom. The molecule has 2 unspecified atom stereocenters. The molecule has 0 fully saturated rings. The molecular weight excluding hydrogens is 349 g/mol. The molecule has 0 saturated carbocycles. The van der Waals surface area contributed by atoms with Crippen molar-refractivity contribution in [1.29, 1.82) is 0 Å². The first-order valence-electron chi connectivity index (χ1n) is 7.12. The van der Waals surface area contributed by atoms with Crippen molar-refractivity contribution in [1.82, 2.24) is 5.32 Å². The van der Waals surface area contributed by atoms with Gasteiger partial charge in [-0.1, -0.05) is 0 Å². The molecule has 122 valence electrons. The summed E-state index contributed by atoms with van der Waals surface area (Å²) in [6.45, 7) is 8.85. The van der Waals surface area contributed by atoms with Gasteiger partial charge in [-0.2, -0.15) is 0 Å². The van der Waals surface area contributed by atoms with Gasteiger partial charge >= 0.3 is 138 Å². The van der Waals surface area contributed by atoms with Crippen molar-refractivity contribution in [3.05, 3.63) is 30.3 Å². The van der Waals surface area contributed by atoms with Crippen LogP contribution in [0, 0.1) is 5.92 Å². The fourth-order valence-electron chi connectivity index (χ4n) is 1.46. The number of amides is 1. The summed E-state index contributed by atoms with van der Waals surface area (Å²) in [5.74, 6) is -0.773. The van der Waals surface area contributed by atoms with E-state index in [1.54, 1.807) is 34.6 Å². The normalized spacial score (nSPS) is 13.9. The zero-order valence-electron chi connectivity index (χ0n) is 13.6. The van der Waals surface area contributed by atoms with Crippen molar-refractivity contribution in [3.63, 3.8) is 0 Å². The third-order valence-corrected chi connectivity index (χ3v) is 4.32. The third-order valence-electron chi connectivity index (χ3n) is 2.83. The summed E-state index contributed by atoms with van der Waals surface area (Å²) in [5, 5.41) is 2.66. The van der Waals surface area contributed by atoms with Crippen LogP contribution in [0.2, 0.25) is 0 Å². The number of rotatable bonds is 5. The number of hydrogen-bond donors (Lipinski definition) is 1. The molecule has 0 aromatic heterocycles. The van der Waals surface area contributed by atoms with Gasteiger partial charge < -0.3 is 0 Å². The number of benzene rings is 1. The molecule has 1 N–H and O–H groups in total. The van der Waals surface area contributed by atoms with Crippen LogP contribution in [-0.4, -0.2) is 39.0 Å². The standard InChI is InChI=1S/C16H23NO4Se/c1-11(12(2)17-15(19)20-16(3,4)5)14(18)21-22-13-9-7-6-8-10-13/h6-12H,1-5H3,(H,17,19). The minimum atomic E-state index is -0.566. The summed E-state index contributed by atoms with van der Waals surface area (Å²) >= 11 is -0.363. The van der Waals surface area contributed by atoms with Crippen molar-refractivity contribution in [2.75, 3.05) is 0 Å². The molecule has 1 rings (SSSR count). The van der Waals surface area contributed by atoms with Crippen LogP contribution in [0.25, 0.3) is 0 Å². The molecule has 0 aliphatic rings. The van der Waals surface area contributed by atoms with E-state index in [0.717, 1.165) is 4.46 Å². The van der Waals surface area contributed by atoms with E-state index in [1.807, 2.05) is 30.3 Å². The fourth-order valence-corrected chi connectivity index (χ4v) is 2.72. The predicted molar refractivity (Wildman–Crippen MR) is 85.9 cm³/mol. The Hall–Kier alpha value is -1.52. The Morgan fingerprint density at radius 3 is 2.27 bits per heavy atom. The van der Waals surface area contributed by atoms with Crippen LogP contribution >= 0.6 is 0 Å². The summed E-state index contributed by atoms with van der Waals surface area (Å²) < 4.78 is 11.5. The molecule has 0 aliphatic carbocycles. The molecule has 5 nitrogen and oxygen atoms in total. The van der Waals surface area contributed by atoms with Crippen LogP contribution in [0.5, 0.6) is 0 Å². The van der Waals surface area contributed by atoms with Gasteiger partial charge in [0.25, 0.3) is 0 Å². The first kappa shape index (κ1) is 18.5. The summed E-state index contributed by atoms with van der Waals surface area (Å²) in [6.07, 6.45) is -0.534. The van der Waals surface area contributed by atoms with Gasteiger partial charge in [0, 0.05) is 0 Å². The number of ether oxygens (including phenoxy) is 1. The molecule has 22 heavy (non-hydrogen) atoms. The Kier molecular flexibility index (Phi) is 6.91. The molecule has 1 aromatic carbocycles. The topological polar surface area (TPSA) is 64.6 Å². The third kappa shape index (κ3) is 6.96. The minimum absolute atomic E-state index is 0.326. The quantitative estimate of drug-likeness (QED) is 0.804. The van der Waals surface area contributed by atoms with Gasteiger partial charge in [0.1, 0.15) is 0 Å². The van der Waals surface area contributed by atoms with Crippen molar-refractivity contribution >= 4 is 31.8 Å². The van der Waals surface area contributed by atoms with E-state index in [1.165, 1.54) is 0 Å². The fraction of sp³-hybridized carbons (Fsp3) is 0.500.